The van der Waals surface area contributed by atoms with Gasteiger partial charge < -0.3 is 4.18 Å². The lowest BCUT2D eigenvalue weighted by Crippen LogP contribution is -2.54. The van der Waals surface area contributed by atoms with Crippen molar-refractivity contribution in [1.29, 1.82) is 0 Å². The molecule has 0 bridgehead atoms. The van der Waals surface area contributed by atoms with Crippen molar-refractivity contribution >= 4 is 67.3 Å². The maximum atomic E-state index is 13.1. The van der Waals surface area contributed by atoms with E-state index in [1.54, 1.807) is 24.3 Å². The number of barbiturate groups is 1. The Hall–Kier alpha value is -3.47. The predicted octanol–water partition coefficient (Wildman–Crippen LogP) is 4.85. The van der Waals surface area contributed by atoms with Crippen LogP contribution in [0.15, 0.2) is 81.7 Å². The van der Waals surface area contributed by atoms with Gasteiger partial charge in [0.15, 0.2) is 0 Å². The minimum atomic E-state index is -4.23. The molecule has 1 aliphatic heterocycles. The highest BCUT2D eigenvalue weighted by molar-refractivity contribution is 9.10. The van der Waals surface area contributed by atoms with Gasteiger partial charge in [-0.3, -0.25) is 14.9 Å². The van der Waals surface area contributed by atoms with Gasteiger partial charge >= 0.3 is 16.1 Å². The number of hydrogen-bond donors (Lipinski definition) is 1. The molecule has 0 atom stereocenters. The number of aryl methyl sites for hydroxylation is 1. The van der Waals surface area contributed by atoms with Crippen molar-refractivity contribution in [3.8, 4) is 5.75 Å². The first-order valence-electron chi connectivity index (χ1n) is 10.0. The lowest BCUT2D eigenvalue weighted by Gasteiger charge is -2.26. The molecule has 1 heterocycles. The quantitative estimate of drug-likeness (QED) is 0.265. The van der Waals surface area contributed by atoms with E-state index < -0.39 is 33.5 Å². The molecule has 1 aliphatic rings. The standard InChI is InChI=1S/C24H16BrClN2O6S/c1-14-2-9-19(10-3-14)35(32,33)34-21-11-6-17(26)12-15(21)13-20-22(29)27-24(31)28(23(20)30)18-7-4-16(25)5-8-18/h2-13H,1H3,(H,27,29,31)/b20-13+. The van der Waals surface area contributed by atoms with Crippen LogP contribution in [0.1, 0.15) is 11.1 Å². The number of carbonyl (C=O) groups is 3. The molecule has 4 amide bonds. The molecule has 1 N–H and O–H groups in total. The number of rotatable bonds is 5. The summed E-state index contributed by atoms with van der Waals surface area (Å²) in [6.45, 7) is 1.81. The molecule has 3 aromatic rings. The van der Waals surface area contributed by atoms with Crippen LogP contribution in [0.5, 0.6) is 5.75 Å². The van der Waals surface area contributed by atoms with Gasteiger partial charge in [-0.1, -0.05) is 45.2 Å². The van der Waals surface area contributed by atoms with Gasteiger partial charge in [-0.05, 0) is 67.6 Å². The summed E-state index contributed by atoms with van der Waals surface area (Å²) in [5.74, 6) is -2.00. The fraction of sp³-hybridized carbons (Fsp3) is 0.0417. The molecule has 35 heavy (non-hydrogen) atoms. The van der Waals surface area contributed by atoms with Crippen molar-refractivity contribution in [2.45, 2.75) is 11.8 Å². The van der Waals surface area contributed by atoms with E-state index >= 15 is 0 Å². The summed E-state index contributed by atoms with van der Waals surface area (Å²) in [6, 6.07) is 15.5. The van der Waals surface area contributed by atoms with Gasteiger partial charge in [-0.15, -0.1) is 0 Å². The van der Waals surface area contributed by atoms with Crippen LogP contribution < -0.4 is 14.4 Å². The van der Waals surface area contributed by atoms with E-state index in [0.717, 1.165) is 21.0 Å². The monoisotopic (exact) mass is 574 g/mol. The number of nitrogens with one attached hydrogen (secondary N) is 1. The summed E-state index contributed by atoms with van der Waals surface area (Å²) in [5.41, 5.74) is 0.746. The Balaban J connectivity index is 1.74. The van der Waals surface area contributed by atoms with E-state index in [1.165, 1.54) is 42.5 Å². The van der Waals surface area contributed by atoms with E-state index in [4.69, 9.17) is 15.8 Å². The molecule has 11 heteroatoms. The third kappa shape index (κ3) is 5.29. The van der Waals surface area contributed by atoms with Gasteiger partial charge in [0.25, 0.3) is 11.8 Å². The Morgan fingerprint density at radius 1 is 0.971 bits per heavy atom. The van der Waals surface area contributed by atoms with Crippen molar-refractivity contribution in [2.75, 3.05) is 4.90 Å². The van der Waals surface area contributed by atoms with Crippen molar-refractivity contribution in [1.82, 2.24) is 5.32 Å². The van der Waals surface area contributed by atoms with Gasteiger partial charge in [0.2, 0.25) is 0 Å². The Morgan fingerprint density at radius 2 is 1.63 bits per heavy atom. The lowest BCUT2D eigenvalue weighted by molar-refractivity contribution is -0.122. The van der Waals surface area contributed by atoms with Crippen molar-refractivity contribution in [3.05, 3.63) is 92.9 Å². The van der Waals surface area contributed by atoms with Crippen LogP contribution >= 0.6 is 27.5 Å². The molecule has 0 radical (unpaired) electrons. The van der Waals surface area contributed by atoms with Crippen LogP contribution in [0.4, 0.5) is 10.5 Å². The van der Waals surface area contributed by atoms with Crippen molar-refractivity contribution in [2.24, 2.45) is 0 Å². The third-order valence-corrected chi connectivity index (χ3v) is 6.98. The molecule has 8 nitrogen and oxygen atoms in total. The summed E-state index contributed by atoms with van der Waals surface area (Å²) in [7, 11) is -4.23. The largest absolute Gasteiger partial charge is 0.378 e. The predicted molar refractivity (Wildman–Crippen MR) is 134 cm³/mol. The maximum absolute atomic E-state index is 13.1. The Labute approximate surface area is 214 Å². The van der Waals surface area contributed by atoms with E-state index in [-0.39, 0.29) is 26.9 Å². The number of nitrogens with zero attached hydrogens (tertiary/aromatic N) is 1. The first-order chi connectivity index (χ1) is 16.5. The molecule has 1 saturated heterocycles. The molecule has 0 aromatic heterocycles. The summed E-state index contributed by atoms with van der Waals surface area (Å²) in [6.07, 6.45) is 1.13. The molecule has 0 unspecified atom stereocenters. The highest BCUT2D eigenvalue weighted by Gasteiger charge is 2.37. The van der Waals surface area contributed by atoms with Crippen LogP contribution in [0, 0.1) is 6.92 Å². The van der Waals surface area contributed by atoms with Crippen LogP contribution in [-0.2, 0) is 19.7 Å². The second-order valence-corrected chi connectivity index (χ2v) is 10.4. The highest BCUT2D eigenvalue weighted by atomic mass is 79.9. The molecular formula is C24H16BrClN2O6S. The molecule has 0 aliphatic carbocycles. The van der Waals surface area contributed by atoms with Crippen molar-refractivity contribution in [3.63, 3.8) is 0 Å². The van der Waals surface area contributed by atoms with Crippen LogP contribution in [0.25, 0.3) is 6.08 Å². The average Bonchev–Trinajstić information content (AvgIpc) is 2.79. The van der Waals surface area contributed by atoms with Crippen molar-refractivity contribution < 1.29 is 27.0 Å². The summed E-state index contributed by atoms with van der Waals surface area (Å²) < 4.78 is 31.6. The Morgan fingerprint density at radius 3 is 2.29 bits per heavy atom. The number of hydrogen-bond acceptors (Lipinski definition) is 6. The minimum absolute atomic E-state index is 0.0526. The number of benzene rings is 3. The van der Waals surface area contributed by atoms with Gasteiger partial charge in [0.05, 0.1) is 5.69 Å². The number of urea groups is 1. The van der Waals surface area contributed by atoms with Crippen LogP contribution in [-0.4, -0.2) is 26.3 Å². The second-order valence-electron chi connectivity index (χ2n) is 7.47. The summed E-state index contributed by atoms with van der Waals surface area (Å²) >= 11 is 9.37. The zero-order valence-corrected chi connectivity index (χ0v) is 21.1. The summed E-state index contributed by atoms with van der Waals surface area (Å²) in [5, 5.41) is 2.32. The molecule has 3 aromatic carbocycles. The molecule has 1 fully saturated rings. The average molecular weight is 576 g/mol. The SMILES string of the molecule is Cc1ccc(S(=O)(=O)Oc2ccc(Cl)cc2/C=C2\C(=O)NC(=O)N(c3ccc(Br)cc3)C2=O)cc1. The second kappa shape index (κ2) is 9.65. The number of halogens is 2. The fourth-order valence-corrected chi connectivity index (χ4v) is 4.62. The molecular weight excluding hydrogens is 560 g/mol. The highest BCUT2D eigenvalue weighted by Crippen LogP contribution is 2.30. The first-order valence-corrected chi connectivity index (χ1v) is 12.6. The maximum Gasteiger partial charge on any atom is 0.339 e. The number of imide groups is 2. The summed E-state index contributed by atoms with van der Waals surface area (Å²) in [4.78, 5) is 38.8. The van der Waals surface area contributed by atoms with E-state index in [1.807, 2.05) is 6.92 Å². The molecule has 0 spiro atoms. The molecule has 0 saturated carbocycles. The van der Waals surface area contributed by atoms with Gasteiger partial charge in [0.1, 0.15) is 16.2 Å². The smallest absolute Gasteiger partial charge is 0.339 e. The number of carbonyl (C=O) groups excluding carboxylic acids is 3. The van der Waals surface area contributed by atoms with Crippen LogP contribution in [0.3, 0.4) is 0 Å². The zero-order valence-electron chi connectivity index (χ0n) is 18.0. The van der Waals surface area contributed by atoms with Gasteiger partial charge in [-0.2, -0.15) is 8.42 Å². The third-order valence-electron chi connectivity index (χ3n) is 4.97. The minimum Gasteiger partial charge on any atom is -0.378 e. The number of amides is 4. The van der Waals surface area contributed by atoms with Gasteiger partial charge in [-0.25, -0.2) is 9.69 Å². The molecule has 178 valence electrons. The van der Waals surface area contributed by atoms with E-state index in [9.17, 15) is 22.8 Å². The Bertz CT molecular complexity index is 1490. The zero-order chi connectivity index (χ0) is 25.3. The van der Waals surface area contributed by atoms with E-state index in [2.05, 4.69) is 21.2 Å². The van der Waals surface area contributed by atoms with E-state index in [0.29, 0.717) is 0 Å². The fourth-order valence-electron chi connectivity index (χ4n) is 3.22. The lowest BCUT2D eigenvalue weighted by atomic mass is 10.1. The van der Waals surface area contributed by atoms with Crippen LogP contribution in [0.2, 0.25) is 5.02 Å². The normalized spacial score (nSPS) is 15.3. The first kappa shape index (κ1) is 24.6. The Kier molecular flexibility index (Phi) is 6.79. The molecule has 4 rings (SSSR count). The van der Waals surface area contributed by atoms with Gasteiger partial charge in [0, 0.05) is 15.1 Å². The topological polar surface area (TPSA) is 110 Å². The number of anilines is 1.